The molecule has 2 heterocycles. The van der Waals surface area contributed by atoms with Gasteiger partial charge in [-0.15, -0.1) is 10.2 Å². The molecule has 0 bridgehead atoms. The summed E-state index contributed by atoms with van der Waals surface area (Å²) in [5, 5.41) is 7.81. The smallest absolute Gasteiger partial charge is 0.338 e. The first kappa shape index (κ1) is 8.96. The minimum atomic E-state index is -0.447. The summed E-state index contributed by atoms with van der Waals surface area (Å²) in [5.74, 6) is -0.447. The number of nitrogens with zero attached hydrogens (tertiary/aromatic N) is 3. The van der Waals surface area contributed by atoms with E-state index in [0.29, 0.717) is 16.4 Å². The lowest BCUT2D eigenvalue weighted by Gasteiger charge is -2.01. The van der Waals surface area contributed by atoms with Gasteiger partial charge < -0.3 is 4.74 Å². The zero-order valence-electron chi connectivity index (χ0n) is 7.27. The molecular weight excluding hydrogens is 206 g/mol. The maximum Gasteiger partial charge on any atom is 0.338 e. The molecule has 6 heteroatoms. The molecular formula is C8H6ClN3O2. The largest absolute Gasteiger partial charge is 0.465 e. The summed E-state index contributed by atoms with van der Waals surface area (Å²) >= 11 is 5.88. The number of hydrogen-bond acceptors (Lipinski definition) is 4. The van der Waals surface area contributed by atoms with E-state index in [1.54, 1.807) is 10.5 Å². The fourth-order valence-corrected chi connectivity index (χ4v) is 1.37. The van der Waals surface area contributed by atoms with Gasteiger partial charge in [0.1, 0.15) is 11.5 Å². The molecule has 0 aliphatic rings. The van der Waals surface area contributed by atoms with E-state index in [-0.39, 0.29) is 0 Å². The molecule has 0 spiro atoms. The second kappa shape index (κ2) is 3.26. The van der Waals surface area contributed by atoms with Crippen LogP contribution in [0.15, 0.2) is 18.5 Å². The minimum Gasteiger partial charge on any atom is -0.465 e. The van der Waals surface area contributed by atoms with E-state index in [4.69, 9.17) is 11.6 Å². The number of aromatic nitrogens is 3. The van der Waals surface area contributed by atoms with Gasteiger partial charge in [-0.25, -0.2) is 4.79 Å². The Balaban J connectivity index is 2.64. The van der Waals surface area contributed by atoms with Crippen LogP contribution in [0, 0.1) is 0 Å². The first-order chi connectivity index (χ1) is 6.72. The summed E-state index contributed by atoms with van der Waals surface area (Å²) in [6.45, 7) is 0. The highest BCUT2D eigenvalue weighted by molar-refractivity contribution is 6.30. The van der Waals surface area contributed by atoms with Crippen LogP contribution in [0.3, 0.4) is 0 Å². The summed E-state index contributed by atoms with van der Waals surface area (Å²) in [4.78, 5) is 11.2. The molecule has 2 aromatic heterocycles. The molecule has 0 atom stereocenters. The normalized spacial score (nSPS) is 10.4. The number of pyridine rings is 1. The number of fused-ring (bicyclic) bond motifs is 1. The summed E-state index contributed by atoms with van der Waals surface area (Å²) in [6, 6.07) is 3.06. The van der Waals surface area contributed by atoms with Crippen LogP contribution in [0.25, 0.3) is 5.65 Å². The van der Waals surface area contributed by atoms with Gasteiger partial charge in [-0.05, 0) is 12.1 Å². The third kappa shape index (κ3) is 1.31. The van der Waals surface area contributed by atoms with E-state index in [1.165, 1.54) is 19.5 Å². The Bertz CT molecular complexity index is 494. The number of halogens is 1. The highest BCUT2D eigenvalue weighted by Crippen LogP contribution is 2.14. The second-order valence-electron chi connectivity index (χ2n) is 2.62. The molecule has 0 fully saturated rings. The molecule has 0 radical (unpaired) electrons. The van der Waals surface area contributed by atoms with E-state index in [2.05, 4.69) is 14.9 Å². The van der Waals surface area contributed by atoms with Gasteiger partial charge in [-0.3, -0.25) is 4.40 Å². The van der Waals surface area contributed by atoms with Crippen molar-refractivity contribution in [2.75, 3.05) is 7.11 Å². The van der Waals surface area contributed by atoms with Crippen LogP contribution in [-0.2, 0) is 4.74 Å². The van der Waals surface area contributed by atoms with Crippen molar-refractivity contribution in [3.8, 4) is 0 Å². The minimum absolute atomic E-state index is 0.359. The lowest BCUT2D eigenvalue weighted by molar-refractivity contribution is 0.0600. The molecule has 2 rings (SSSR count). The van der Waals surface area contributed by atoms with Gasteiger partial charge in [0.25, 0.3) is 0 Å². The highest BCUT2D eigenvalue weighted by Gasteiger charge is 2.09. The Kier molecular flexibility index (Phi) is 2.09. The molecule has 0 amide bonds. The van der Waals surface area contributed by atoms with Crippen molar-refractivity contribution in [3.63, 3.8) is 0 Å². The monoisotopic (exact) mass is 211 g/mol. The number of carbonyl (C=O) groups excluding carboxylic acids is 1. The average molecular weight is 212 g/mol. The molecule has 0 aliphatic heterocycles. The van der Waals surface area contributed by atoms with E-state index in [1.807, 2.05) is 0 Å². The van der Waals surface area contributed by atoms with Gasteiger partial charge in [0, 0.05) is 0 Å². The number of esters is 1. The zero-order valence-corrected chi connectivity index (χ0v) is 8.02. The Morgan fingerprint density at radius 3 is 3.07 bits per heavy atom. The Labute approximate surface area is 84.3 Å². The van der Waals surface area contributed by atoms with Crippen molar-refractivity contribution in [2.45, 2.75) is 0 Å². The standard InChI is InChI=1S/C8H6ClN3O2/c1-14-8(13)5-2-6(9)12-4-10-11-7(12)3-5/h2-4H,1H3. The predicted octanol–water partition coefficient (Wildman–Crippen LogP) is 1.17. The summed E-state index contributed by atoms with van der Waals surface area (Å²) in [7, 11) is 1.31. The number of hydrogen-bond donors (Lipinski definition) is 0. The number of ether oxygens (including phenoxy) is 1. The summed E-state index contributed by atoms with van der Waals surface area (Å²) in [5.41, 5.74) is 0.871. The van der Waals surface area contributed by atoms with Crippen molar-refractivity contribution in [1.82, 2.24) is 14.6 Å². The predicted molar refractivity (Wildman–Crippen MR) is 49.3 cm³/mol. The molecule has 72 valence electrons. The molecule has 0 aromatic carbocycles. The average Bonchev–Trinajstić information content (AvgIpc) is 2.64. The molecule has 5 nitrogen and oxygen atoms in total. The first-order valence-corrected chi connectivity index (χ1v) is 4.18. The van der Waals surface area contributed by atoms with Crippen molar-refractivity contribution in [3.05, 3.63) is 29.2 Å². The molecule has 0 saturated heterocycles. The fraction of sp³-hybridized carbons (Fsp3) is 0.125. The third-order valence-corrected chi connectivity index (χ3v) is 2.08. The first-order valence-electron chi connectivity index (χ1n) is 3.80. The second-order valence-corrected chi connectivity index (χ2v) is 3.00. The van der Waals surface area contributed by atoms with Crippen LogP contribution in [0.1, 0.15) is 10.4 Å². The van der Waals surface area contributed by atoms with Gasteiger partial charge in [0.15, 0.2) is 5.65 Å². The lowest BCUT2D eigenvalue weighted by Crippen LogP contribution is -2.02. The van der Waals surface area contributed by atoms with Crippen molar-refractivity contribution in [1.29, 1.82) is 0 Å². The van der Waals surface area contributed by atoms with Crippen LogP contribution in [0.5, 0.6) is 0 Å². The van der Waals surface area contributed by atoms with E-state index in [0.717, 1.165) is 0 Å². The number of carbonyl (C=O) groups is 1. The van der Waals surface area contributed by atoms with Crippen LogP contribution < -0.4 is 0 Å². The number of methoxy groups -OCH3 is 1. The SMILES string of the molecule is COC(=O)c1cc(Cl)n2cnnc2c1. The van der Waals surface area contributed by atoms with Crippen molar-refractivity contribution < 1.29 is 9.53 Å². The molecule has 0 saturated carbocycles. The van der Waals surface area contributed by atoms with Crippen LogP contribution >= 0.6 is 11.6 Å². The molecule has 0 N–H and O–H groups in total. The maximum atomic E-state index is 11.2. The van der Waals surface area contributed by atoms with Gasteiger partial charge in [0.05, 0.1) is 12.7 Å². The Morgan fingerprint density at radius 1 is 1.57 bits per heavy atom. The van der Waals surface area contributed by atoms with E-state index >= 15 is 0 Å². The van der Waals surface area contributed by atoms with Crippen LogP contribution in [0.4, 0.5) is 0 Å². The number of rotatable bonds is 1. The molecule has 14 heavy (non-hydrogen) atoms. The molecule has 0 aliphatic carbocycles. The lowest BCUT2D eigenvalue weighted by atomic mass is 10.3. The van der Waals surface area contributed by atoms with Gasteiger partial charge in [-0.1, -0.05) is 11.6 Å². The summed E-state index contributed by atoms with van der Waals surface area (Å²) in [6.07, 6.45) is 1.47. The topological polar surface area (TPSA) is 56.5 Å². The maximum absolute atomic E-state index is 11.2. The van der Waals surface area contributed by atoms with E-state index < -0.39 is 5.97 Å². The molecule has 2 aromatic rings. The highest BCUT2D eigenvalue weighted by atomic mass is 35.5. The van der Waals surface area contributed by atoms with Gasteiger partial charge in [0.2, 0.25) is 0 Å². The Morgan fingerprint density at radius 2 is 2.36 bits per heavy atom. The van der Waals surface area contributed by atoms with E-state index in [9.17, 15) is 4.79 Å². The zero-order chi connectivity index (χ0) is 10.1. The fourth-order valence-electron chi connectivity index (χ4n) is 1.12. The van der Waals surface area contributed by atoms with Crippen molar-refractivity contribution in [2.24, 2.45) is 0 Å². The van der Waals surface area contributed by atoms with Gasteiger partial charge >= 0.3 is 5.97 Å². The molecule has 0 unspecified atom stereocenters. The quantitative estimate of drug-likeness (QED) is 0.525. The Hall–Kier alpha value is -1.62. The van der Waals surface area contributed by atoms with Gasteiger partial charge in [-0.2, -0.15) is 0 Å². The van der Waals surface area contributed by atoms with Crippen LogP contribution in [-0.4, -0.2) is 27.7 Å². The third-order valence-electron chi connectivity index (χ3n) is 1.78. The van der Waals surface area contributed by atoms with Crippen LogP contribution in [0.2, 0.25) is 5.15 Å². The van der Waals surface area contributed by atoms with Crippen molar-refractivity contribution >= 4 is 23.2 Å². The summed E-state index contributed by atoms with van der Waals surface area (Å²) < 4.78 is 6.13.